The van der Waals surface area contributed by atoms with Gasteiger partial charge in [0.05, 0.1) is 12.2 Å². The summed E-state index contributed by atoms with van der Waals surface area (Å²) in [6, 6.07) is 4.64. The fourth-order valence-electron chi connectivity index (χ4n) is 2.43. The van der Waals surface area contributed by atoms with Crippen LogP contribution in [0.1, 0.15) is 56.2 Å². The van der Waals surface area contributed by atoms with Crippen molar-refractivity contribution in [2.24, 2.45) is 0 Å². The lowest BCUT2D eigenvalue weighted by molar-refractivity contribution is 0.373. The lowest BCUT2D eigenvalue weighted by Gasteiger charge is -2.16. The number of hydrogen-bond donors (Lipinski definition) is 1. The summed E-state index contributed by atoms with van der Waals surface area (Å²) in [5.41, 5.74) is 2.29. The van der Waals surface area contributed by atoms with Gasteiger partial charge in [-0.2, -0.15) is 0 Å². The van der Waals surface area contributed by atoms with Crippen LogP contribution < -0.4 is 5.32 Å². The van der Waals surface area contributed by atoms with Crippen LogP contribution in [0.5, 0.6) is 0 Å². The molecule has 2 aromatic heterocycles. The van der Waals surface area contributed by atoms with Gasteiger partial charge in [0.1, 0.15) is 0 Å². The molecule has 110 valence electrons. The molecular weight excluding hydrogens is 250 g/mol. The Morgan fingerprint density at radius 1 is 1.35 bits per heavy atom. The topological polar surface area (TPSA) is 43.0 Å². The molecule has 0 amide bonds. The lowest BCUT2D eigenvalue weighted by atomic mass is 10.1. The first-order chi connectivity index (χ1) is 9.72. The second-order valence-electron chi connectivity index (χ2n) is 5.35. The maximum atomic E-state index is 5.26. The molecule has 0 aromatic carbocycles. The minimum atomic E-state index is 0.456. The number of aromatic nitrogens is 2. The molecule has 1 unspecified atom stereocenters. The molecule has 0 bridgehead atoms. The van der Waals surface area contributed by atoms with Crippen LogP contribution in [0.4, 0.5) is 0 Å². The van der Waals surface area contributed by atoms with Gasteiger partial charge in [-0.05, 0) is 37.9 Å². The smallest absolute Gasteiger partial charge is 0.156 e. The van der Waals surface area contributed by atoms with E-state index in [9.17, 15) is 0 Å². The Hall–Kier alpha value is -1.55. The minimum absolute atomic E-state index is 0.456. The van der Waals surface area contributed by atoms with Crippen LogP contribution >= 0.6 is 0 Å². The number of nitrogens with zero attached hydrogens (tertiary/aromatic N) is 2. The maximum Gasteiger partial charge on any atom is 0.156 e. The predicted molar refractivity (Wildman–Crippen MR) is 80.7 cm³/mol. The van der Waals surface area contributed by atoms with Crippen molar-refractivity contribution in [3.8, 4) is 0 Å². The molecule has 4 heteroatoms. The van der Waals surface area contributed by atoms with E-state index in [1.807, 2.05) is 13.0 Å². The predicted octanol–water partition coefficient (Wildman–Crippen LogP) is 3.67. The van der Waals surface area contributed by atoms with E-state index in [0.717, 1.165) is 31.0 Å². The summed E-state index contributed by atoms with van der Waals surface area (Å²) in [5.74, 6) is 0.901. The summed E-state index contributed by atoms with van der Waals surface area (Å²) in [5, 5.41) is 7.54. The molecule has 1 N–H and O–H groups in total. The first kappa shape index (κ1) is 14.9. The van der Waals surface area contributed by atoms with Gasteiger partial charge in [0.15, 0.2) is 5.76 Å². The summed E-state index contributed by atoms with van der Waals surface area (Å²) in [6.45, 7) is 8.19. The zero-order chi connectivity index (χ0) is 14.4. The van der Waals surface area contributed by atoms with E-state index in [0.29, 0.717) is 6.04 Å². The van der Waals surface area contributed by atoms with Crippen LogP contribution in [0.25, 0.3) is 0 Å². The van der Waals surface area contributed by atoms with Crippen molar-refractivity contribution in [1.29, 1.82) is 0 Å². The highest BCUT2D eigenvalue weighted by atomic mass is 16.5. The quantitative estimate of drug-likeness (QED) is 0.799. The van der Waals surface area contributed by atoms with Crippen molar-refractivity contribution < 1.29 is 4.52 Å². The molecular formula is C16H25N3O. The van der Waals surface area contributed by atoms with E-state index < -0.39 is 0 Å². The summed E-state index contributed by atoms with van der Waals surface area (Å²) >= 11 is 0. The molecule has 1 atom stereocenters. The van der Waals surface area contributed by atoms with E-state index in [1.165, 1.54) is 18.4 Å². The third kappa shape index (κ3) is 3.97. The molecule has 0 saturated carbocycles. The van der Waals surface area contributed by atoms with Crippen LogP contribution in [0.2, 0.25) is 0 Å². The number of nitrogens with one attached hydrogen (secondary N) is 1. The van der Waals surface area contributed by atoms with Gasteiger partial charge in [0.25, 0.3) is 0 Å². The summed E-state index contributed by atoms with van der Waals surface area (Å²) in [4.78, 5) is 0. The summed E-state index contributed by atoms with van der Waals surface area (Å²) in [6.07, 6.45) is 7.85. The fraction of sp³-hybridized carbons (Fsp3) is 0.562. The average molecular weight is 275 g/mol. The van der Waals surface area contributed by atoms with E-state index in [2.05, 4.69) is 47.3 Å². The van der Waals surface area contributed by atoms with Gasteiger partial charge in [-0.3, -0.25) is 0 Å². The number of hydrogen-bond acceptors (Lipinski definition) is 3. The zero-order valence-corrected chi connectivity index (χ0v) is 12.7. The highest BCUT2D eigenvalue weighted by molar-refractivity contribution is 5.16. The molecule has 0 aliphatic rings. The van der Waals surface area contributed by atoms with Crippen LogP contribution in [0.3, 0.4) is 0 Å². The standard InChI is InChI=1S/C16H25N3O/c1-4-6-16(17-8-5-2)14-7-9-19(11-14)12-15-10-13(3)18-20-15/h7,9-11,16-17H,4-6,8,12H2,1-3H3. The third-order valence-electron chi connectivity index (χ3n) is 3.41. The van der Waals surface area contributed by atoms with Gasteiger partial charge < -0.3 is 14.4 Å². The SMILES string of the molecule is CCCNC(CCC)c1ccn(Cc2cc(C)no2)c1. The normalized spacial score (nSPS) is 12.8. The zero-order valence-electron chi connectivity index (χ0n) is 12.7. The van der Waals surface area contributed by atoms with Gasteiger partial charge >= 0.3 is 0 Å². The Bertz CT molecular complexity index is 515. The second-order valence-corrected chi connectivity index (χ2v) is 5.35. The molecule has 0 aliphatic carbocycles. The van der Waals surface area contributed by atoms with Gasteiger partial charge in [-0.25, -0.2) is 0 Å². The Morgan fingerprint density at radius 2 is 2.20 bits per heavy atom. The van der Waals surface area contributed by atoms with E-state index >= 15 is 0 Å². The van der Waals surface area contributed by atoms with Crippen LogP contribution in [-0.4, -0.2) is 16.3 Å². The van der Waals surface area contributed by atoms with Gasteiger partial charge in [0.2, 0.25) is 0 Å². The Morgan fingerprint density at radius 3 is 2.85 bits per heavy atom. The highest BCUT2D eigenvalue weighted by Gasteiger charge is 2.11. The number of rotatable bonds is 8. The molecule has 20 heavy (non-hydrogen) atoms. The van der Waals surface area contributed by atoms with Crippen molar-refractivity contribution in [2.75, 3.05) is 6.54 Å². The Balaban J connectivity index is 2.02. The van der Waals surface area contributed by atoms with Crippen LogP contribution in [0.15, 0.2) is 29.0 Å². The lowest BCUT2D eigenvalue weighted by Crippen LogP contribution is -2.21. The van der Waals surface area contributed by atoms with E-state index in [4.69, 9.17) is 4.52 Å². The van der Waals surface area contributed by atoms with Crippen LogP contribution in [-0.2, 0) is 6.54 Å². The highest BCUT2D eigenvalue weighted by Crippen LogP contribution is 2.19. The molecule has 0 spiro atoms. The van der Waals surface area contributed by atoms with Crippen molar-refractivity contribution in [3.05, 3.63) is 41.5 Å². The van der Waals surface area contributed by atoms with E-state index in [-0.39, 0.29) is 0 Å². The molecule has 0 aliphatic heterocycles. The molecule has 2 aromatic rings. The molecule has 2 heterocycles. The van der Waals surface area contributed by atoms with Crippen molar-refractivity contribution in [1.82, 2.24) is 15.0 Å². The number of aryl methyl sites for hydroxylation is 1. The van der Waals surface area contributed by atoms with Crippen molar-refractivity contribution >= 4 is 0 Å². The van der Waals surface area contributed by atoms with Crippen molar-refractivity contribution in [3.63, 3.8) is 0 Å². The third-order valence-corrected chi connectivity index (χ3v) is 3.41. The van der Waals surface area contributed by atoms with Gasteiger partial charge in [0, 0.05) is 24.5 Å². The summed E-state index contributed by atoms with van der Waals surface area (Å²) in [7, 11) is 0. The minimum Gasteiger partial charge on any atom is -0.359 e. The maximum absolute atomic E-state index is 5.26. The monoisotopic (exact) mass is 275 g/mol. The molecule has 2 rings (SSSR count). The molecule has 0 saturated heterocycles. The molecule has 4 nitrogen and oxygen atoms in total. The van der Waals surface area contributed by atoms with Gasteiger partial charge in [-0.15, -0.1) is 0 Å². The average Bonchev–Trinajstić information content (AvgIpc) is 3.04. The van der Waals surface area contributed by atoms with E-state index in [1.54, 1.807) is 0 Å². The largest absolute Gasteiger partial charge is 0.359 e. The molecule has 0 radical (unpaired) electrons. The first-order valence-corrected chi connectivity index (χ1v) is 7.54. The summed E-state index contributed by atoms with van der Waals surface area (Å²) < 4.78 is 7.42. The molecule has 0 fully saturated rings. The van der Waals surface area contributed by atoms with Crippen LogP contribution in [0, 0.1) is 6.92 Å². The van der Waals surface area contributed by atoms with Crippen molar-refractivity contribution in [2.45, 2.75) is 52.6 Å². The second kappa shape index (κ2) is 7.29. The van der Waals surface area contributed by atoms with Gasteiger partial charge in [-0.1, -0.05) is 25.4 Å². The first-order valence-electron chi connectivity index (χ1n) is 7.54. The Labute approximate surface area is 121 Å². The fourth-order valence-corrected chi connectivity index (χ4v) is 2.43. The Kier molecular flexibility index (Phi) is 5.41.